The molecule has 1 unspecified atom stereocenters. The molecule has 0 fully saturated rings. The molecule has 0 saturated heterocycles. The van der Waals surface area contributed by atoms with Crippen molar-refractivity contribution in [3.05, 3.63) is 186 Å². The Morgan fingerprint density at radius 2 is 1.07 bits per heavy atom. The third-order valence-corrected chi connectivity index (χ3v) is 10.6. The van der Waals surface area contributed by atoms with Gasteiger partial charge >= 0.3 is 0 Å². The van der Waals surface area contributed by atoms with Gasteiger partial charge in [0, 0.05) is 21.5 Å². The van der Waals surface area contributed by atoms with E-state index in [1.54, 1.807) is 0 Å². The Kier molecular flexibility index (Phi) is 4.50. The van der Waals surface area contributed by atoms with Gasteiger partial charge in [0.15, 0.2) is 0 Å². The molecule has 0 amide bonds. The molecule has 1 spiro atoms. The van der Waals surface area contributed by atoms with Crippen molar-refractivity contribution in [3.8, 4) is 27.9 Å². The van der Waals surface area contributed by atoms with Crippen molar-refractivity contribution in [3.63, 3.8) is 0 Å². The molecule has 1 nitrogen and oxygen atoms in total. The van der Waals surface area contributed by atoms with Gasteiger partial charge < -0.3 is 4.57 Å². The summed E-state index contributed by atoms with van der Waals surface area (Å²) in [5.41, 5.74) is 13.8. The fourth-order valence-corrected chi connectivity index (χ4v) is 8.77. The van der Waals surface area contributed by atoms with E-state index in [2.05, 4.69) is 168 Å². The van der Waals surface area contributed by atoms with Gasteiger partial charge in [-0.1, -0.05) is 133 Å². The Labute approximate surface area is 266 Å². The summed E-state index contributed by atoms with van der Waals surface area (Å²) in [6.45, 7) is 0. The number of rotatable bonds is 1. The minimum absolute atomic E-state index is 0.449. The molecule has 2 aliphatic rings. The van der Waals surface area contributed by atoms with Crippen LogP contribution in [0.3, 0.4) is 0 Å². The second-order valence-corrected chi connectivity index (χ2v) is 12.7. The number of aromatic nitrogens is 1. The van der Waals surface area contributed by atoms with E-state index in [4.69, 9.17) is 0 Å². The van der Waals surface area contributed by atoms with Crippen molar-refractivity contribution >= 4 is 43.4 Å². The van der Waals surface area contributed by atoms with Gasteiger partial charge in [-0.05, 0) is 85.6 Å². The summed E-state index contributed by atoms with van der Waals surface area (Å²) in [6, 6.07) is 63.1. The normalized spacial score (nSPS) is 15.7. The van der Waals surface area contributed by atoms with E-state index in [1.807, 2.05) is 0 Å². The number of fused-ring (bicyclic) bond motifs is 15. The van der Waals surface area contributed by atoms with E-state index >= 15 is 0 Å². The lowest BCUT2D eigenvalue weighted by Crippen LogP contribution is -2.33. The van der Waals surface area contributed by atoms with Gasteiger partial charge in [0.25, 0.3) is 0 Å². The molecule has 0 saturated carbocycles. The lowest BCUT2D eigenvalue weighted by molar-refractivity contribution is 0.749. The van der Waals surface area contributed by atoms with Crippen LogP contribution < -0.4 is 0 Å². The maximum atomic E-state index is 3.45. The highest BCUT2D eigenvalue weighted by Crippen LogP contribution is 2.61. The van der Waals surface area contributed by atoms with Gasteiger partial charge in [-0.2, -0.15) is 0 Å². The van der Waals surface area contributed by atoms with Crippen molar-refractivity contribution in [2.24, 2.45) is 0 Å². The van der Waals surface area contributed by atoms with Crippen LogP contribution >= 0.6 is 0 Å². The highest BCUT2D eigenvalue weighted by atomic mass is 15.0. The van der Waals surface area contributed by atoms with Crippen molar-refractivity contribution in [2.45, 2.75) is 5.41 Å². The lowest BCUT2D eigenvalue weighted by Gasteiger charge is -2.39. The Hall–Kier alpha value is -6.10. The number of para-hydroxylation sites is 3. The Balaban J connectivity index is 1.25. The van der Waals surface area contributed by atoms with Crippen molar-refractivity contribution in [2.75, 3.05) is 0 Å². The average molecular weight is 580 g/mol. The lowest BCUT2D eigenvalue weighted by atomic mass is 9.65. The number of hydrogen-bond acceptors (Lipinski definition) is 0. The third-order valence-electron chi connectivity index (χ3n) is 10.6. The van der Waals surface area contributed by atoms with Crippen molar-refractivity contribution < 1.29 is 0 Å². The van der Waals surface area contributed by atoms with E-state index in [1.165, 1.54) is 82.8 Å². The summed E-state index contributed by atoms with van der Waals surface area (Å²) in [6.07, 6.45) is 0. The molecule has 8 aromatic carbocycles. The maximum absolute atomic E-state index is 3.45. The first-order valence-electron chi connectivity index (χ1n) is 16.0. The molecule has 46 heavy (non-hydrogen) atoms. The SMILES string of the molecule is c1c2ccccc2c2ccc(-c3ccc4c(c3)C3(c5ccccc5-4)c4ccccc4-n4c5ccccc5c5cccc3c54)cc2c#1. The molecule has 0 radical (unpaired) electrons. The Bertz CT molecular complexity index is 2760. The maximum Gasteiger partial charge on any atom is 0.0754 e. The summed E-state index contributed by atoms with van der Waals surface area (Å²) in [4.78, 5) is 0. The zero-order valence-corrected chi connectivity index (χ0v) is 24.9. The molecular formula is C45H25N. The van der Waals surface area contributed by atoms with Gasteiger partial charge in [0.05, 0.1) is 22.1 Å². The molecule has 9 aromatic rings. The molecule has 0 N–H and O–H groups in total. The molecule has 2 heterocycles. The first-order chi connectivity index (χ1) is 22.8. The van der Waals surface area contributed by atoms with Crippen LogP contribution in [0, 0.1) is 12.1 Å². The fourth-order valence-electron chi connectivity index (χ4n) is 8.77. The Morgan fingerprint density at radius 1 is 0.413 bits per heavy atom. The predicted molar refractivity (Wildman–Crippen MR) is 190 cm³/mol. The summed E-state index contributed by atoms with van der Waals surface area (Å²) < 4.78 is 2.50. The van der Waals surface area contributed by atoms with E-state index in [0.29, 0.717) is 0 Å². The predicted octanol–water partition coefficient (Wildman–Crippen LogP) is 11.0. The molecule has 1 aliphatic carbocycles. The second-order valence-electron chi connectivity index (χ2n) is 12.7. The molecule has 0 bridgehead atoms. The number of benzene rings is 7. The van der Waals surface area contributed by atoms with Gasteiger partial charge in [-0.25, -0.2) is 0 Å². The van der Waals surface area contributed by atoms with E-state index in [0.717, 1.165) is 10.8 Å². The standard InChI is InChI=1S/C45H25N/c1-2-11-32-28(10-1)20-21-31-26-29(22-24-33(31)32)30-23-25-35-34-12-3-5-15-38(34)45(41(35)27-30)39-16-6-8-19-43(39)46-42-18-7-4-13-36(42)37-14-9-17-40(45)44(37)46/h1-19,22-27H. The molecule has 1 aliphatic heterocycles. The van der Waals surface area contributed by atoms with Crippen LogP contribution in [0.25, 0.3) is 71.3 Å². The van der Waals surface area contributed by atoms with Crippen LogP contribution in [-0.2, 0) is 5.41 Å². The van der Waals surface area contributed by atoms with Crippen LogP contribution in [0.2, 0.25) is 0 Å². The van der Waals surface area contributed by atoms with Gasteiger partial charge in [-0.3, -0.25) is 0 Å². The Morgan fingerprint density at radius 3 is 2.02 bits per heavy atom. The fraction of sp³-hybridized carbons (Fsp3) is 0.0222. The van der Waals surface area contributed by atoms with E-state index < -0.39 is 5.41 Å². The zero-order valence-electron chi connectivity index (χ0n) is 24.9. The zero-order chi connectivity index (χ0) is 30.0. The monoisotopic (exact) mass is 579 g/mol. The molecule has 11 rings (SSSR count). The van der Waals surface area contributed by atoms with E-state index in [-0.39, 0.29) is 0 Å². The van der Waals surface area contributed by atoms with Crippen LogP contribution in [0.1, 0.15) is 22.3 Å². The minimum atomic E-state index is -0.449. The second kappa shape index (κ2) is 8.54. The van der Waals surface area contributed by atoms with Gasteiger partial charge in [0.1, 0.15) is 0 Å². The van der Waals surface area contributed by atoms with E-state index in [9.17, 15) is 0 Å². The summed E-state index contributed by atoms with van der Waals surface area (Å²) in [5, 5.41) is 7.22. The van der Waals surface area contributed by atoms with Crippen molar-refractivity contribution in [1.82, 2.24) is 4.57 Å². The minimum Gasteiger partial charge on any atom is -0.309 e. The quantitative estimate of drug-likeness (QED) is 0.182. The average Bonchev–Trinajstić information content (AvgIpc) is 3.62. The topological polar surface area (TPSA) is 4.93 Å². The van der Waals surface area contributed by atoms with Crippen LogP contribution in [-0.4, -0.2) is 4.57 Å². The summed E-state index contributed by atoms with van der Waals surface area (Å²) in [7, 11) is 0. The summed E-state index contributed by atoms with van der Waals surface area (Å²) in [5.74, 6) is 0. The third kappa shape index (κ3) is 2.84. The highest BCUT2D eigenvalue weighted by molar-refractivity contribution is 6.13. The smallest absolute Gasteiger partial charge is 0.0754 e. The number of nitrogens with zero attached hydrogens (tertiary/aromatic N) is 1. The first kappa shape index (κ1) is 24.2. The van der Waals surface area contributed by atoms with Gasteiger partial charge in [0.2, 0.25) is 0 Å². The molecule has 1 atom stereocenters. The highest BCUT2D eigenvalue weighted by Gasteiger charge is 2.50. The van der Waals surface area contributed by atoms with Crippen LogP contribution in [0.15, 0.2) is 152 Å². The molecular weight excluding hydrogens is 555 g/mol. The molecule has 1 aromatic heterocycles. The summed E-state index contributed by atoms with van der Waals surface area (Å²) >= 11 is 0. The molecule has 1 heteroatoms. The van der Waals surface area contributed by atoms with Crippen LogP contribution in [0.4, 0.5) is 0 Å². The largest absolute Gasteiger partial charge is 0.309 e. The van der Waals surface area contributed by atoms with Crippen molar-refractivity contribution in [1.29, 1.82) is 0 Å². The van der Waals surface area contributed by atoms with Gasteiger partial charge in [-0.15, -0.1) is 0 Å². The number of hydrogen-bond donors (Lipinski definition) is 0. The molecule has 210 valence electrons. The van der Waals surface area contributed by atoms with Crippen LogP contribution in [0.5, 0.6) is 0 Å². The first-order valence-corrected chi connectivity index (χ1v) is 16.0.